The molecular formula is C15H19N5O2S. The van der Waals surface area contributed by atoms with Crippen LogP contribution >= 0.6 is 11.8 Å². The molecule has 3 rings (SSSR count). The predicted octanol–water partition coefficient (Wildman–Crippen LogP) is 1.85. The SMILES string of the molecule is COC(=O)CSc1cncc(N2CCC(c3ccn[nH]3)CC2)n1. The molecule has 0 amide bonds. The molecule has 1 saturated heterocycles. The molecule has 3 heterocycles. The van der Waals surface area contributed by atoms with Crippen LogP contribution in [0.5, 0.6) is 0 Å². The highest BCUT2D eigenvalue weighted by Crippen LogP contribution is 2.29. The van der Waals surface area contributed by atoms with Gasteiger partial charge in [0, 0.05) is 30.9 Å². The van der Waals surface area contributed by atoms with E-state index in [2.05, 4.69) is 29.8 Å². The minimum atomic E-state index is -0.262. The molecule has 1 aliphatic heterocycles. The normalized spacial score (nSPS) is 15.6. The Balaban J connectivity index is 1.58. The van der Waals surface area contributed by atoms with E-state index in [4.69, 9.17) is 0 Å². The lowest BCUT2D eigenvalue weighted by Crippen LogP contribution is -2.33. The van der Waals surface area contributed by atoms with Crippen molar-refractivity contribution in [3.05, 3.63) is 30.4 Å². The summed E-state index contributed by atoms with van der Waals surface area (Å²) in [5, 5.41) is 7.83. The van der Waals surface area contributed by atoms with Gasteiger partial charge in [-0.25, -0.2) is 4.98 Å². The van der Waals surface area contributed by atoms with Gasteiger partial charge >= 0.3 is 5.97 Å². The summed E-state index contributed by atoms with van der Waals surface area (Å²) in [5.74, 6) is 1.38. The van der Waals surface area contributed by atoms with E-state index in [0.29, 0.717) is 5.92 Å². The van der Waals surface area contributed by atoms with Crippen molar-refractivity contribution >= 4 is 23.5 Å². The van der Waals surface area contributed by atoms with Gasteiger partial charge in [-0.05, 0) is 18.9 Å². The molecule has 1 aliphatic rings. The second-order valence-electron chi connectivity index (χ2n) is 5.35. The van der Waals surface area contributed by atoms with Crippen LogP contribution in [0.25, 0.3) is 0 Å². The highest BCUT2D eigenvalue weighted by molar-refractivity contribution is 7.99. The number of methoxy groups -OCH3 is 1. The largest absolute Gasteiger partial charge is 0.468 e. The van der Waals surface area contributed by atoms with Crippen LogP contribution in [-0.2, 0) is 9.53 Å². The fourth-order valence-corrected chi connectivity index (χ4v) is 3.34. The number of ether oxygens (including phenoxy) is 1. The Kier molecular flexibility index (Phi) is 5.12. The first-order valence-corrected chi connectivity index (χ1v) is 8.50. The van der Waals surface area contributed by atoms with E-state index in [-0.39, 0.29) is 11.7 Å². The maximum Gasteiger partial charge on any atom is 0.316 e. The Morgan fingerprint density at radius 1 is 1.43 bits per heavy atom. The second-order valence-corrected chi connectivity index (χ2v) is 6.35. The Morgan fingerprint density at radius 3 is 2.96 bits per heavy atom. The maximum atomic E-state index is 11.2. The Hall–Kier alpha value is -2.09. The molecule has 0 spiro atoms. The molecule has 0 unspecified atom stereocenters. The van der Waals surface area contributed by atoms with Crippen molar-refractivity contribution in [1.82, 2.24) is 20.2 Å². The fraction of sp³-hybridized carbons (Fsp3) is 0.467. The first-order chi connectivity index (χ1) is 11.3. The standard InChI is InChI=1S/C15H19N5O2S/c1-22-15(21)10-23-14-9-16-8-13(18-14)20-6-3-11(4-7-20)12-2-5-17-19-12/h2,5,8-9,11H,3-4,6-7,10H2,1H3,(H,17,19). The van der Waals surface area contributed by atoms with Gasteiger partial charge in [-0.3, -0.25) is 14.9 Å². The summed E-state index contributed by atoms with van der Waals surface area (Å²) in [6, 6.07) is 2.05. The highest BCUT2D eigenvalue weighted by atomic mass is 32.2. The molecular weight excluding hydrogens is 314 g/mol. The van der Waals surface area contributed by atoms with E-state index >= 15 is 0 Å². The van der Waals surface area contributed by atoms with Crippen molar-refractivity contribution in [3.8, 4) is 0 Å². The number of carbonyl (C=O) groups excluding carboxylic acids is 1. The zero-order chi connectivity index (χ0) is 16.1. The van der Waals surface area contributed by atoms with Crippen LogP contribution in [0.2, 0.25) is 0 Å². The minimum Gasteiger partial charge on any atom is -0.468 e. The van der Waals surface area contributed by atoms with Gasteiger partial charge in [0.2, 0.25) is 0 Å². The predicted molar refractivity (Wildman–Crippen MR) is 87.5 cm³/mol. The summed E-state index contributed by atoms with van der Waals surface area (Å²) in [5.41, 5.74) is 1.21. The van der Waals surface area contributed by atoms with Gasteiger partial charge in [-0.1, -0.05) is 11.8 Å². The molecule has 2 aromatic heterocycles. The van der Waals surface area contributed by atoms with E-state index in [1.165, 1.54) is 24.6 Å². The number of anilines is 1. The van der Waals surface area contributed by atoms with Crippen LogP contribution in [0.1, 0.15) is 24.5 Å². The lowest BCUT2D eigenvalue weighted by atomic mass is 9.94. The van der Waals surface area contributed by atoms with E-state index in [9.17, 15) is 4.79 Å². The third kappa shape index (κ3) is 4.01. The van der Waals surface area contributed by atoms with Gasteiger partial charge in [0.15, 0.2) is 0 Å². The van der Waals surface area contributed by atoms with Crippen LogP contribution in [-0.4, -0.2) is 52.1 Å². The number of hydrogen-bond acceptors (Lipinski definition) is 7. The first kappa shape index (κ1) is 15.8. The smallest absolute Gasteiger partial charge is 0.316 e. The van der Waals surface area contributed by atoms with Crippen molar-refractivity contribution < 1.29 is 9.53 Å². The summed E-state index contributed by atoms with van der Waals surface area (Å²) in [6.07, 6.45) is 7.37. The van der Waals surface area contributed by atoms with Crippen molar-refractivity contribution in [3.63, 3.8) is 0 Å². The van der Waals surface area contributed by atoms with Gasteiger partial charge in [-0.2, -0.15) is 5.10 Å². The van der Waals surface area contributed by atoms with Crippen LogP contribution in [0.15, 0.2) is 29.7 Å². The molecule has 0 atom stereocenters. The quantitative estimate of drug-likeness (QED) is 0.660. The number of aromatic nitrogens is 4. The number of H-pyrrole nitrogens is 1. The number of nitrogens with one attached hydrogen (secondary N) is 1. The van der Waals surface area contributed by atoms with Crippen molar-refractivity contribution in [2.45, 2.75) is 23.8 Å². The molecule has 0 saturated carbocycles. The fourth-order valence-electron chi connectivity index (χ4n) is 2.67. The lowest BCUT2D eigenvalue weighted by molar-refractivity contribution is -0.137. The molecule has 0 aromatic carbocycles. The van der Waals surface area contributed by atoms with E-state index in [0.717, 1.165) is 36.8 Å². The molecule has 0 radical (unpaired) electrons. The lowest BCUT2D eigenvalue weighted by Gasteiger charge is -2.32. The molecule has 1 fully saturated rings. The number of thioether (sulfide) groups is 1. The highest BCUT2D eigenvalue weighted by Gasteiger charge is 2.22. The van der Waals surface area contributed by atoms with Gasteiger partial charge in [-0.15, -0.1) is 0 Å². The molecule has 2 aromatic rings. The molecule has 1 N–H and O–H groups in total. The molecule has 122 valence electrons. The summed E-state index contributed by atoms with van der Waals surface area (Å²) in [7, 11) is 1.38. The third-order valence-corrected chi connectivity index (χ3v) is 4.82. The molecule has 8 heteroatoms. The number of carbonyl (C=O) groups is 1. The van der Waals surface area contributed by atoms with Gasteiger partial charge < -0.3 is 9.64 Å². The van der Waals surface area contributed by atoms with Crippen LogP contribution in [0, 0.1) is 0 Å². The number of rotatable bonds is 5. The average Bonchev–Trinajstić information content (AvgIpc) is 3.15. The van der Waals surface area contributed by atoms with Crippen molar-refractivity contribution in [2.75, 3.05) is 30.9 Å². The van der Waals surface area contributed by atoms with E-state index < -0.39 is 0 Å². The zero-order valence-electron chi connectivity index (χ0n) is 12.9. The van der Waals surface area contributed by atoms with Crippen molar-refractivity contribution in [2.24, 2.45) is 0 Å². The van der Waals surface area contributed by atoms with Crippen LogP contribution in [0.4, 0.5) is 5.82 Å². The maximum absolute atomic E-state index is 11.2. The molecule has 0 aliphatic carbocycles. The molecule has 23 heavy (non-hydrogen) atoms. The second kappa shape index (κ2) is 7.45. The van der Waals surface area contributed by atoms with Crippen LogP contribution in [0.3, 0.4) is 0 Å². The Bertz CT molecular complexity index is 641. The molecule has 0 bridgehead atoms. The summed E-state index contributed by atoms with van der Waals surface area (Å²) in [6.45, 7) is 1.87. The average molecular weight is 333 g/mol. The van der Waals surface area contributed by atoms with Crippen LogP contribution < -0.4 is 4.90 Å². The number of hydrogen-bond donors (Lipinski definition) is 1. The number of piperidine rings is 1. The monoisotopic (exact) mass is 333 g/mol. The summed E-state index contributed by atoms with van der Waals surface area (Å²) in [4.78, 5) is 22.3. The summed E-state index contributed by atoms with van der Waals surface area (Å²) < 4.78 is 4.64. The number of nitrogens with zero attached hydrogens (tertiary/aromatic N) is 4. The minimum absolute atomic E-state index is 0.247. The van der Waals surface area contributed by atoms with Gasteiger partial charge in [0.25, 0.3) is 0 Å². The zero-order valence-corrected chi connectivity index (χ0v) is 13.8. The molecule has 7 nitrogen and oxygen atoms in total. The Morgan fingerprint density at radius 2 is 2.26 bits per heavy atom. The van der Waals surface area contributed by atoms with E-state index in [1.54, 1.807) is 18.6 Å². The van der Waals surface area contributed by atoms with Crippen molar-refractivity contribution in [1.29, 1.82) is 0 Å². The first-order valence-electron chi connectivity index (χ1n) is 7.52. The topological polar surface area (TPSA) is 84.0 Å². The number of aromatic amines is 1. The summed E-state index contributed by atoms with van der Waals surface area (Å²) >= 11 is 1.34. The third-order valence-electron chi connectivity index (χ3n) is 3.95. The van der Waals surface area contributed by atoms with E-state index in [1.807, 2.05) is 6.07 Å². The van der Waals surface area contributed by atoms with Gasteiger partial charge in [0.1, 0.15) is 10.8 Å². The Labute approximate surface area is 138 Å². The van der Waals surface area contributed by atoms with Gasteiger partial charge in [0.05, 0.1) is 25.3 Å². The number of esters is 1.